The average Bonchev–Trinajstić information content (AvgIpc) is 2.79. The molecule has 1 fully saturated rings. The summed E-state index contributed by atoms with van der Waals surface area (Å²) in [5.41, 5.74) is 1.17. The van der Waals surface area contributed by atoms with Crippen molar-refractivity contribution in [2.24, 2.45) is 5.92 Å². The summed E-state index contributed by atoms with van der Waals surface area (Å²) in [6.07, 6.45) is 8.39. The Labute approximate surface area is 190 Å². The number of halogens is 2. The van der Waals surface area contributed by atoms with E-state index in [-0.39, 0.29) is 11.9 Å². The number of hydrogen-bond donors (Lipinski definition) is 1. The number of carbonyl (C=O) groups is 1. The Kier molecular flexibility index (Phi) is 6.63. The summed E-state index contributed by atoms with van der Waals surface area (Å²) in [7, 11) is 0. The van der Waals surface area contributed by atoms with Gasteiger partial charge in [0.2, 0.25) is 5.95 Å². The molecule has 3 aromatic rings. The van der Waals surface area contributed by atoms with Crippen LogP contribution in [0.5, 0.6) is 0 Å². The predicted molar refractivity (Wildman–Crippen MR) is 121 cm³/mol. The quantitative estimate of drug-likeness (QED) is 0.603. The van der Waals surface area contributed by atoms with E-state index < -0.39 is 0 Å². The topological polar surface area (TPSA) is 83.9 Å². The number of nitrogens with zero attached hydrogens (tertiary/aromatic N) is 5. The number of likely N-dealkylation sites (tertiary alicyclic amines) is 1. The van der Waals surface area contributed by atoms with E-state index in [0.29, 0.717) is 52.0 Å². The fraction of sp³-hybridized carbons (Fsp3) is 0.318. The first kappa shape index (κ1) is 21.5. The van der Waals surface area contributed by atoms with Crippen LogP contribution in [-0.4, -0.2) is 49.9 Å². The lowest BCUT2D eigenvalue weighted by Gasteiger charge is -2.40. The van der Waals surface area contributed by atoms with Gasteiger partial charge in [0.1, 0.15) is 0 Å². The van der Waals surface area contributed by atoms with Crippen LogP contribution in [0.4, 0.5) is 5.95 Å². The highest BCUT2D eigenvalue weighted by atomic mass is 35.5. The normalized spacial score (nSPS) is 18.6. The van der Waals surface area contributed by atoms with Crippen LogP contribution in [0, 0.1) is 5.92 Å². The Balaban J connectivity index is 1.61. The van der Waals surface area contributed by atoms with E-state index in [1.165, 1.54) is 0 Å². The Morgan fingerprint density at radius 3 is 2.61 bits per heavy atom. The van der Waals surface area contributed by atoms with Gasteiger partial charge in [0.05, 0.1) is 29.0 Å². The zero-order valence-corrected chi connectivity index (χ0v) is 18.5. The van der Waals surface area contributed by atoms with Crippen molar-refractivity contribution in [3.8, 4) is 11.4 Å². The molecule has 7 nitrogen and oxygen atoms in total. The number of piperidine rings is 1. The number of carbonyl (C=O) groups excluding carboxylic acids is 1. The SMILES string of the molecule is CC1CCCN(C(=O)c2ccc(Cl)cc2-c2ncccn2)C1CNc1ncc(Cl)cn1. The molecule has 1 amide bonds. The van der Waals surface area contributed by atoms with Crippen molar-refractivity contribution in [1.82, 2.24) is 24.8 Å². The minimum Gasteiger partial charge on any atom is -0.352 e. The van der Waals surface area contributed by atoms with E-state index in [2.05, 4.69) is 32.2 Å². The molecule has 4 rings (SSSR count). The first-order chi connectivity index (χ1) is 15.0. The molecule has 160 valence electrons. The highest BCUT2D eigenvalue weighted by Crippen LogP contribution is 2.30. The van der Waals surface area contributed by atoms with Crippen molar-refractivity contribution < 1.29 is 4.79 Å². The summed E-state index contributed by atoms with van der Waals surface area (Å²) < 4.78 is 0. The molecule has 0 radical (unpaired) electrons. The van der Waals surface area contributed by atoms with Crippen LogP contribution in [0.2, 0.25) is 10.0 Å². The molecule has 1 aliphatic heterocycles. The molecule has 31 heavy (non-hydrogen) atoms. The van der Waals surface area contributed by atoms with Crippen LogP contribution in [0.25, 0.3) is 11.4 Å². The Hall–Kier alpha value is -2.77. The monoisotopic (exact) mass is 456 g/mol. The summed E-state index contributed by atoms with van der Waals surface area (Å²) in [4.78, 5) is 32.6. The van der Waals surface area contributed by atoms with E-state index in [1.807, 2.05) is 4.90 Å². The fourth-order valence-electron chi connectivity index (χ4n) is 3.89. The molecular weight excluding hydrogens is 435 g/mol. The first-order valence-corrected chi connectivity index (χ1v) is 10.9. The Morgan fingerprint density at radius 1 is 1.13 bits per heavy atom. The van der Waals surface area contributed by atoms with E-state index in [4.69, 9.17) is 23.2 Å². The molecule has 1 aliphatic rings. The number of anilines is 1. The molecule has 0 spiro atoms. The average molecular weight is 457 g/mol. The first-order valence-electron chi connectivity index (χ1n) is 10.1. The molecule has 1 saturated heterocycles. The molecule has 0 saturated carbocycles. The third kappa shape index (κ3) is 4.94. The second-order valence-corrected chi connectivity index (χ2v) is 8.43. The van der Waals surface area contributed by atoms with E-state index in [1.54, 1.807) is 49.1 Å². The maximum absolute atomic E-state index is 13.7. The molecular formula is C22H22Cl2N6O. The largest absolute Gasteiger partial charge is 0.352 e. The highest BCUT2D eigenvalue weighted by Gasteiger charge is 2.33. The van der Waals surface area contributed by atoms with Crippen LogP contribution in [0.1, 0.15) is 30.1 Å². The smallest absolute Gasteiger partial charge is 0.254 e. The molecule has 1 N–H and O–H groups in total. The Bertz CT molecular complexity index is 1050. The molecule has 2 unspecified atom stereocenters. The second-order valence-electron chi connectivity index (χ2n) is 7.55. The van der Waals surface area contributed by atoms with Gasteiger partial charge in [-0.25, -0.2) is 19.9 Å². The zero-order valence-electron chi connectivity index (χ0n) is 17.0. The number of nitrogens with one attached hydrogen (secondary N) is 1. The van der Waals surface area contributed by atoms with Crippen molar-refractivity contribution in [3.05, 3.63) is 64.7 Å². The number of hydrogen-bond acceptors (Lipinski definition) is 6. The highest BCUT2D eigenvalue weighted by molar-refractivity contribution is 6.31. The van der Waals surface area contributed by atoms with Gasteiger partial charge in [-0.1, -0.05) is 30.1 Å². The van der Waals surface area contributed by atoms with Gasteiger partial charge >= 0.3 is 0 Å². The minimum atomic E-state index is -0.0607. The third-order valence-electron chi connectivity index (χ3n) is 5.48. The standard InChI is InChI=1S/C22H22Cl2N6O/c1-14-4-2-9-30(19(14)13-29-22-27-11-16(24)12-28-22)21(31)17-6-5-15(23)10-18(17)20-25-7-3-8-26-20/h3,5-8,10-12,14,19H,2,4,9,13H2,1H3,(H,27,28,29). The number of benzene rings is 1. The number of rotatable bonds is 5. The van der Waals surface area contributed by atoms with Gasteiger partial charge in [-0.05, 0) is 43.0 Å². The van der Waals surface area contributed by atoms with Gasteiger partial charge in [0.15, 0.2) is 5.82 Å². The van der Waals surface area contributed by atoms with Gasteiger partial charge in [-0.2, -0.15) is 0 Å². The lowest BCUT2D eigenvalue weighted by molar-refractivity contribution is 0.0540. The zero-order chi connectivity index (χ0) is 21.8. The Morgan fingerprint density at radius 2 is 1.87 bits per heavy atom. The van der Waals surface area contributed by atoms with Crippen LogP contribution >= 0.6 is 23.2 Å². The van der Waals surface area contributed by atoms with Crippen molar-refractivity contribution in [2.75, 3.05) is 18.4 Å². The summed E-state index contributed by atoms with van der Waals surface area (Å²) in [5, 5.41) is 4.25. The maximum atomic E-state index is 13.7. The van der Waals surface area contributed by atoms with Crippen LogP contribution in [0.15, 0.2) is 49.1 Å². The van der Waals surface area contributed by atoms with E-state index in [9.17, 15) is 4.79 Å². The van der Waals surface area contributed by atoms with Crippen molar-refractivity contribution >= 4 is 35.1 Å². The molecule has 2 aromatic heterocycles. The molecule has 0 aliphatic carbocycles. The summed E-state index contributed by atoms with van der Waals surface area (Å²) in [6.45, 7) is 3.38. The van der Waals surface area contributed by atoms with Crippen molar-refractivity contribution in [1.29, 1.82) is 0 Å². The summed E-state index contributed by atoms with van der Waals surface area (Å²) in [6, 6.07) is 6.95. The lowest BCUT2D eigenvalue weighted by Crippen LogP contribution is -2.51. The van der Waals surface area contributed by atoms with E-state index >= 15 is 0 Å². The van der Waals surface area contributed by atoms with Crippen LogP contribution in [-0.2, 0) is 0 Å². The molecule has 9 heteroatoms. The van der Waals surface area contributed by atoms with Crippen LogP contribution < -0.4 is 5.32 Å². The van der Waals surface area contributed by atoms with Gasteiger partial charge in [0, 0.05) is 36.1 Å². The molecule has 2 atom stereocenters. The maximum Gasteiger partial charge on any atom is 0.254 e. The van der Waals surface area contributed by atoms with Crippen molar-refractivity contribution in [2.45, 2.75) is 25.8 Å². The van der Waals surface area contributed by atoms with Gasteiger partial charge in [-0.15, -0.1) is 0 Å². The molecule has 1 aromatic carbocycles. The van der Waals surface area contributed by atoms with Gasteiger partial charge < -0.3 is 10.2 Å². The molecule has 0 bridgehead atoms. The second kappa shape index (κ2) is 9.58. The molecule has 3 heterocycles. The number of aromatic nitrogens is 4. The number of amides is 1. The lowest BCUT2D eigenvalue weighted by atomic mass is 9.89. The minimum absolute atomic E-state index is 0.0132. The van der Waals surface area contributed by atoms with Gasteiger partial charge in [0.25, 0.3) is 5.91 Å². The van der Waals surface area contributed by atoms with Crippen molar-refractivity contribution in [3.63, 3.8) is 0 Å². The van der Waals surface area contributed by atoms with E-state index in [0.717, 1.165) is 12.8 Å². The van der Waals surface area contributed by atoms with Gasteiger partial charge in [-0.3, -0.25) is 4.79 Å². The summed E-state index contributed by atoms with van der Waals surface area (Å²) >= 11 is 12.1. The fourth-order valence-corrected chi connectivity index (χ4v) is 4.16. The van der Waals surface area contributed by atoms with Crippen LogP contribution in [0.3, 0.4) is 0 Å². The third-order valence-corrected chi connectivity index (χ3v) is 5.92. The summed E-state index contributed by atoms with van der Waals surface area (Å²) in [5.74, 6) is 1.22. The predicted octanol–water partition coefficient (Wildman–Crippen LogP) is 4.59.